The monoisotopic (exact) mass is 462 g/mol. The van der Waals surface area contributed by atoms with Crippen LogP contribution in [0.4, 0.5) is 0 Å². The maximum Gasteiger partial charge on any atom is 0.220 e. The molecule has 3 aromatic rings. The number of hydrogen-bond acceptors (Lipinski definition) is 4. The number of rotatable bonds is 9. The van der Waals surface area contributed by atoms with Crippen molar-refractivity contribution in [1.29, 1.82) is 0 Å². The molecule has 2 aromatic carbocycles. The second-order valence-electron chi connectivity index (χ2n) is 7.17. The first kappa shape index (κ1) is 22.7. The minimum absolute atomic E-state index is 0.0707. The number of thioether (sulfide) groups is 1. The first-order valence-corrected chi connectivity index (χ1v) is 11.5. The lowest BCUT2D eigenvalue weighted by Gasteiger charge is -2.12. The Balaban J connectivity index is 1.78. The smallest absolute Gasteiger partial charge is 0.220 e. The van der Waals surface area contributed by atoms with Crippen LogP contribution in [0.3, 0.4) is 0 Å². The summed E-state index contributed by atoms with van der Waals surface area (Å²) in [5.74, 6) is 1.65. The normalized spacial score (nSPS) is 11.1. The Morgan fingerprint density at radius 3 is 2.57 bits per heavy atom. The van der Waals surface area contributed by atoms with Crippen LogP contribution in [0, 0.1) is 0 Å². The van der Waals surface area contributed by atoms with Crippen molar-refractivity contribution in [2.24, 2.45) is 0 Å². The van der Waals surface area contributed by atoms with Crippen molar-refractivity contribution >= 4 is 40.9 Å². The number of amides is 1. The van der Waals surface area contributed by atoms with Crippen LogP contribution in [-0.2, 0) is 11.2 Å². The molecule has 5 nitrogen and oxygen atoms in total. The van der Waals surface area contributed by atoms with Crippen molar-refractivity contribution in [3.63, 3.8) is 0 Å². The number of hydrogen-bond donors (Lipinski definition) is 1. The van der Waals surface area contributed by atoms with E-state index in [1.165, 1.54) is 0 Å². The van der Waals surface area contributed by atoms with Crippen molar-refractivity contribution in [3.05, 3.63) is 70.0 Å². The van der Waals surface area contributed by atoms with Crippen molar-refractivity contribution < 1.29 is 4.79 Å². The van der Waals surface area contributed by atoms with Crippen LogP contribution in [0.15, 0.2) is 53.7 Å². The molecule has 0 aliphatic rings. The number of aromatic nitrogens is 3. The first-order chi connectivity index (χ1) is 14.4. The molecule has 0 saturated heterocycles. The second-order valence-corrected chi connectivity index (χ2v) is 9.05. The molecule has 1 heterocycles. The zero-order valence-electron chi connectivity index (χ0n) is 16.9. The molecule has 30 heavy (non-hydrogen) atoms. The van der Waals surface area contributed by atoms with Gasteiger partial charge in [-0.25, -0.2) is 0 Å². The summed E-state index contributed by atoms with van der Waals surface area (Å²) in [7, 11) is 0. The third-order valence-corrected chi connectivity index (χ3v) is 6.05. The molecule has 0 saturated carbocycles. The molecule has 0 atom stereocenters. The van der Waals surface area contributed by atoms with Gasteiger partial charge >= 0.3 is 0 Å². The molecule has 0 fully saturated rings. The third-order valence-electron chi connectivity index (χ3n) is 4.30. The highest BCUT2D eigenvalue weighted by Gasteiger charge is 2.16. The molecule has 8 heteroatoms. The SMILES string of the molecule is CC(C)NC(=O)CCCSc1nnc(Cc2ccccc2)n1-c1ccc(Cl)c(Cl)c1. The van der Waals surface area contributed by atoms with Crippen molar-refractivity contribution in [2.45, 2.75) is 44.3 Å². The third kappa shape index (κ3) is 6.24. The summed E-state index contributed by atoms with van der Waals surface area (Å²) in [5, 5.41) is 13.5. The quantitative estimate of drug-likeness (QED) is 0.333. The van der Waals surface area contributed by atoms with Crippen LogP contribution in [0.5, 0.6) is 0 Å². The predicted molar refractivity (Wildman–Crippen MR) is 124 cm³/mol. The summed E-state index contributed by atoms with van der Waals surface area (Å²) >= 11 is 13.9. The lowest BCUT2D eigenvalue weighted by atomic mass is 10.1. The second kappa shape index (κ2) is 10.8. The summed E-state index contributed by atoms with van der Waals surface area (Å²) in [5.41, 5.74) is 2.01. The predicted octanol–water partition coefficient (Wildman–Crippen LogP) is 5.56. The molecule has 0 aliphatic heterocycles. The average molecular weight is 463 g/mol. The Hall–Kier alpha value is -2.02. The summed E-state index contributed by atoms with van der Waals surface area (Å²) in [6, 6.07) is 15.8. The minimum Gasteiger partial charge on any atom is -0.354 e. The number of nitrogens with one attached hydrogen (secondary N) is 1. The number of benzene rings is 2. The van der Waals surface area contributed by atoms with Gasteiger partial charge in [0.05, 0.1) is 15.7 Å². The minimum atomic E-state index is 0.0707. The van der Waals surface area contributed by atoms with E-state index in [9.17, 15) is 4.79 Å². The lowest BCUT2D eigenvalue weighted by Crippen LogP contribution is -2.29. The number of carbonyl (C=O) groups is 1. The molecule has 1 N–H and O–H groups in total. The molecular formula is C22H24Cl2N4OS. The van der Waals surface area contributed by atoms with Gasteiger partial charge in [0.15, 0.2) is 5.16 Å². The first-order valence-electron chi connectivity index (χ1n) is 9.80. The Labute approximate surface area is 191 Å². The van der Waals surface area contributed by atoms with Gasteiger partial charge in [0.25, 0.3) is 0 Å². The highest BCUT2D eigenvalue weighted by molar-refractivity contribution is 7.99. The maximum atomic E-state index is 11.8. The van der Waals surface area contributed by atoms with Crippen LogP contribution in [0.1, 0.15) is 38.1 Å². The van der Waals surface area contributed by atoms with Crippen LogP contribution >= 0.6 is 35.0 Å². The van der Waals surface area contributed by atoms with Crippen LogP contribution in [-0.4, -0.2) is 32.5 Å². The van der Waals surface area contributed by atoms with Gasteiger partial charge in [-0.1, -0.05) is 65.3 Å². The van der Waals surface area contributed by atoms with Gasteiger partial charge in [0.2, 0.25) is 5.91 Å². The van der Waals surface area contributed by atoms with E-state index in [2.05, 4.69) is 27.6 Å². The van der Waals surface area contributed by atoms with E-state index < -0.39 is 0 Å². The van der Waals surface area contributed by atoms with Gasteiger partial charge in [-0.05, 0) is 44.0 Å². The van der Waals surface area contributed by atoms with Gasteiger partial charge in [-0.15, -0.1) is 10.2 Å². The van der Waals surface area contributed by atoms with E-state index in [0.717, 1.165) is 34.4 Å². The molecule has 0 bridgehead atoms. The fourth-order valence-corrected chi connectivity index (χ4v) is 4.16. The Morgan fingerprint density at radius 1 is 1.10 bits per heavy atom. The molecule has 1 aromatic heterocycles. The molecule has 158 valence electrons. The van der Waals surface area contributed by atoms with Gasteiger partial charge in [-0.2, -0.15) is 0 Å². The van der Waals surface area contributed by atoms with E-state index >= 15 is 0 Å². The molecule has 0 unspecified atom stereocenters. The standard InChI is InChI=1S/C22H24Cl2N4OS/c1-15(2)25-21(29)9-6-12-30-22-27-26-20(13-16-7-4-3-5-8-16)28(22)17-10-11-18(23)19(24)14-17/h3-5,7-8,10-11,14-15H,6,9,12-13H2,1-2H3,(H,25,29). The summed E-state index contributed by atoms with van der Waals surface area (Å²) < 4.78 is 2.01. The highest BCUT2D eigenvalue weighted by Crippen LogP contribution is 2.29. The highest BCUT2D eigenvalue weighted by atomic mass is 35.5. The summed E-state index contributed by atoms with van der Waals surface area (Å²) in [6.07, 6.45) is 1.89. The summed E-state index contributed by atoms with van der Waals surface area (Å²) in [6.45, 7) is 3.92. The number of nitrogens with zero attached hydrogens (tertiary/aromatic N) is 3. The van der Waals surface area contributed by atoms with E-state index in [1.807, 2.05) is 48.7 Å². The van der Waals surface area contributed by atoms with Crippen molar-refractivity contribution in [2.75, 3.05) is 5.75 Å². The molecule has 0 aliphatic carbocycles. The summed E-state index contributed by atoms with van der Waals surface area (Å²) in [4.78, 5) is 11.8. The Morgan fingerprint density at radius 2 is 1.87 bits per heavy atom. The largest absolute Gasteiger partial charge is 0.354 e. The van der Waals surface area contributed by atoms with Crippen LogP contribution < -0.4 is 5.32 Å². The number of carbonyl (C=O) groups excluding carboxylic acids is 1. The van der Waals surface area contributed by atoms with E-state index in [1.54, 1.807) is 17.8 Å². The van der Waals surface area contributed by atoms with E-state index in [0.29, 0.717) is 22.9 Å². The van der Waals surface area contributed by atoms with E-state index in [-0.39, 0.29) is 11.9 Å². The van der Waals surface area contributed by atoms with Gasteiger partial charge in [-0.3, -0.25) is 9.36 Å². The van der Waals surface area contributed by atoms with Gasteiger partial charge in [0.1, 0.15) is 5.82 Å². The molecule has 3 rings (SSSR count). The van der Waals surface area contributed by atoms with Crippen LogP contribution in [0.25, 0.3) is 5.69 Å². The average Bonchev–Trinajstić information content (AvgIpc) is 3.10. The van der Waals surface area contributed by atoms with Crippen molar-refractivity contribution in [1.82, 2.24) is 20.1 Å². The molecule has 0 radical (unpaired) electrons. The molecule has 0 spiro atoms. The fraction of sp³-hybridized carbons (Fsp3) is 0.318. The van der Waals surface area contributed by atoms with Gasteiger partial charge < -0.3 is 5.32 Å². The zero-order chi connectivity index (χ0) is 21.5. The molecular weight excluding hydrogens is 439 g/mol. The van der Waals surface area contributed by atoms with Crippen molar-refractivity contribution in [3.8, 4) is 5.69 Å². The zero-order valence-corrected chi connectivity index (χ0v) is 19.3. The lowest BCUT2D eigenvalue weighted by molar-refractivity contribution is -0.121. The fourth-order valence-electron chi connectivity index (χ4n) is 2.96. The Bertz CT molecular complexity index is 992. The topological polar surface area (TPSA) is 59.8 Å². The number of halogens is 2. The van der Waals surface area contributed by atoms with Crippen LogP contribution in [0.2, 0.25) is 10.0 Å². The van der Waals surface area contributed by atoms with Gasteiger partial charge in [0, 0.05) is 24.6 Å². The molecule has 1 amide bonds. The maximum absolute atomic E-state index is 11.8. The van der Waals surface area contributed by atoms with E-state index in [4.69, 9.17) is 23.2 Å². The Kier molecular flexibility index (Phi) is 8.19.